The molecule has 0 saturated carbocycles. The van der Waals surface area contributed by atoms with Gasteiger partial charge in [0.2, 0.25) is 0 Å². The van der Waals surface area contributed by atoms with Gasteiger partial charge >= 0.3 is 6.09 Å². The number of nitrogens with zero attached hydrogens (tertiary/aromatic N) is 1. The molecule has 0 aliphatic carbocycles. The number of hydrogen-bond acceptors (Lipinski definition) is 2. The summed E-state index contributed by atoms with van der Waals surface area (Å²) in [6, 6.07) is 8.34. The van der Waals surface area contributed by atoms with E-state index in [1.165, 1.54) is 16.7 Å². The molecule has 2 heterocycles. The number of ether oxygens (including phenoxy) is 1. The van der Waals surface area contributed by atoms with Crippen LogP contribution in [0.5, 0.6) is 0 Å². The Balaban J connectivity index is 1.94. The molecule has 0 saturated heterocycles. The summed E-state index contributed by atoms with van der Waals surface area (Å²) in [4.78, 5) is 14.3. The van der Waals surface area contributed by atoms with Crippen LogP contribution in [0.2, 0.25) is 0 Å². The van der Waals surface area contributed by atoms with Crippen molar-refractivity contribution in [2.24, 2.45) is 0 Å². The molecule has 0 spiro atoms. The summed E-state index contributed by atoms with van der Waals surface area (Å²) < 4.78 is 5.54. The molecule has 2 unspecified atom stereocenters. The van der Waals surface area contributed by atoms with E-state index in [1.807, 2.05) is 37.8 Å². The fourth-order valence-corrected chi connectivity index (χ4v) is 3.00. The van der Waals surface area contributed by atoms with Crippen LogP contribution in [0, 0.1) is 0 Å². The van der Waals surface area contributed by atoms with E-state index in [0.29, 0.717) is 0 Å². The molecule has 0 N–H and O–H groups in total. The minimum absolute atomic E-state index is 0.0380. The molecule has 2 bridgehead atoms. The van der Waals surface area contributed by atoms with Crippen LogP contribution in [-0.2, 0) is 4.74 Å². The lowest BCUT2D eigenvalue weighted by atomic mass is 9.92. The van der Waals surface area contributed by atoms with Crippen molar-refractivity contribution in [2.45, 2.75) is 45.4 Å². The van der Waals surface area contributed by atoms with E-state index in [0.717, 1.165) is 0 Å². The number of hydrogen-bond donors (Lipinski definition) is 0. The van der Waals surface area contributed by atoms with Crippen LogP contribution in [0.3, 0.4) is 0 Å². The first kappa shape index (κ1) is 12.3. The van der Waals surface area contributed by atoms with Crippen LogP contribution in [0.25, 0.3) is 0 Å². The number of benzene rings is 1. The Labute approximate surface area is 113 Å². The van der Waals surface area contributed by atoms with E-state index in [1.54, 1.807) is 0 Å². The molecule has 0 fully saturated rings. The quantitative estimate of drug-likeness (QED) is 0.658. The first-order valence-electron chi connectivity index (χ1n) is 6.67. The summed E-state index contributed by atoms with van der Waals surface area (Å²) in [5, 5.41) is 0. The molecule has 0 radical (unpaired) electrons. The SMILES string of the molecule is CC1=CC2c3ccccc3C1N2C(=O)OC(C)(C)C. The van der Waals surface area contributed by atoms with E-state index in [-0.39, 0.29) is 18.2 Å². The van der Waals surface area contributed by atoms with Gasteiger partial charge in [0, 0.05) is 0 Å². The van der Waals surface area contributed by atoms with Gasteiger partial charge in [-0.15, -0.1) is 0 Å². The summed E-state index contributed by atoms with van der Waals surface area (Å²) in [7, 11) is 0. The zero-order chi connectivity index (χ0) is 13.8. The van der Waals surface area contributed by atoms with Crippen LogP contribution in [0.15, 0.2) is 35.9 Å². The summed E-state index contributed by atoms with van der Waals surface area (Å²) >= 11 is 0. The fourth-order valence-electron chi connectivity index (χ4n) is 3.00. The van der Waals surface area contributed by atoms with Crippen molar-refractivity contribution in [3.8, 4) is 0 Å². The number of rotatable bonds is 0. The Morgan fingerprint density at radius 3 is 2.47 bits per heavy atom. The highest BCUT2D eigenvalue weighted by atomic mass is 16.6. The molecule has 2 atom stereocenters. The van der Waals surface area contributed by atoms with E-state index in [2.05, 4.69) is 25.1 Å². The van der Waals surface area contributed by atoms with Crippen molar-refractivity contribution < 1.29 is 9.53 Å². The number of fused-ring (bicyclic) bond motifs is 5. The van der Waals surface area contributed by atoms with Crippen molar-refractivity contribution in [1.29, 1.82) is 0 Å². The van der Waals surface area contributed by atoms with Gasteiger partial charge in [0.05, 0.1) is 12.1 Å². The molecule has 3 heteroatoms. The minimum atomic E-state index is -0.459. The van der Waals surface area contributed by atoms with E-state index in [9.17, 15) is 4.79 Å². The third kappa shape index (κ3) is 1.84. The molecule has 2 aliphatic heterocycles. The van der Waals surface area contributed by atoms with Crippen molar-refractivity contribution in [2.75, 3.05) is 0 Å². The van der Waals surface area contributed by atoms with E-state index in [4.69, 9.17) is 4.74 Å². The van der Waals surface area contributed by atoms with Crippen molar-refractivity contribution >= 4 is 6.09 Å². The second-order valence-electron chi connectivity index (χ2n) is 6.27. The number of amides is 1. The third-order valence-electron chi connectivity index (χ3n) is 3.64. The lowest BCUT2D eigenvalue weighted by Crippen LogP contribution is -2.35. The van der Waals surface area contributed by atoms with Gasteiger partial charge < -0.3 is 4.74 Å². The monoisotopic (exact) mass is 257 g/mol. The van der Waals surface area contributed by atoms with E-state index < -0.39 is 5.60 Å². The first-order chi connectivity index (χ1) is 8.88. The Morgan fingerprint density at radius 1 is 1.21 bits per heavy atom. The van der Waals surface area contributed by atoms with Gasteiger partial charge in [-0.25, -0.2) is 4.79 Å². The predicted octanol–water partition coefficient (Wildman–Crippen LogP) is 3.98. The van der Waals surface area contributed by atoms with Crippen LogP contribution in [-0.4, -0.2) is 16.6 Å². The standard InChI is InChI=1S/C16H19NO2/c1-10-9-13-11-7-5-6-8-12(11)14(10)17(13)15(18)19-16(2,3)4/h5-9,13-14H,1-4H3. The highest BCUT2D eigenvalue weighted by molar-refractivity contribution is 5.74. The summed E-state index contributed by atoms with van der Waals surface area (Å²) in [5.41, 5.74) is 3.23. The van der Waals surface area contributed by atoms with Crippen molar-refractivity contribution in [3.05, 3.63) is 47.0 Å². The van der Waals surface area contributed by atoms with Gasteiger partial charge in [-0.05, 0) is 44.4 Å². The maximum absolute atomic E-state index is 12.4. The molecule has 0 aromatic heterocycles. The Bertz CT molecular complexity index is 568. The number of carbonyl (C=O) groups is 1. The second-order valence-corrected chi connectivity index (χ2v) is 6.27. The fraction of sp³-hybridized carbons (Fsp3) is 0.438. The van der Waals surface area contributed by atoms with Crippen LogP contribution < -0.4 is 0 Å². The summed E-state index contributed by atoms with van der Waals surface area (Å²) in [6.45, 7) is 7.78. The predicted molar refractivity (Wildman–Crippen MR) is 73.8 cm³/mol. The molecule has 100 valence electrons. The van der Waals surface area contributed by atoms with Gasteiger partial charge in [-0.1, -0.05) is 30.3 Å². The third-order valence-corrected chi connectivity index (χ3v) is 3.64. The Kier molecular flexibility index (Phi) is 2.49. The average Bonchev–Trinajstić information content (AvgIpc) is 2.79. The summed E-state index contributed by atoms with van der Waals surface area (Å²) in [5.74, 6) is 0. The molecule has 1 aromatic carbocycles. The van der Waals surface area contributed by atoms with Crippen molar-refractivity contribution in [1.82, 2.24) is 4.90 Å². The molecule has 1 aromatic rings. The molecule has 3 nitrogen and oxygen atoms in total. The van der Waals surface area contributed by atoms with Gasteiger partial charge in [0.15, 0.2) is 0 Å². The normalized spacial score (nSPS) is 24.2. The van der Waals surface area contributed by atoms with Gasteiger partial charge in [-0.2, -0.15) is 0 Å². The van der Waals surface area contributed by atoms with Gasteiger partial charge in [0.25, 0.3) is 0 Å². The maximum Gasteiger partial charge on any atom is 0.411 e. The highest BCUT2D eigenvalue weighted by Gasteiger charge is 2.46. The lowest BCUT2D eigenvalue weighted by molar-refractivity contribution is 0.0191. The second kappa shape index (κ2) is 3.86. The Hall–Kier alpha value is -1.77. The van der Waals surface area contributed by atoms with Crippen LogP contribution in [0.4, 0.5) is 4.79 Å². The molecular formula is C16H19NO2. The van der Waals surface area contributed by atoms with Crippen molar-refractivity contribution in [3.63, 3.8) is 0 Å². The largest absolute Gasteiger partial charge is 0.444 e. The zero-order valence-corrected chi connectivity index (χ0v) is 11.8. The van der Waals surface area contributed by atoms with Gasteiger partial charge in [0.1, 0.15) is 5.60 Å². The highest BCUT2D eigenvalue weighted by Crippen LogP contribution is 2.52. The first-order valence-corrected chi connectivity index (χ1v) is 6.67. The molecule has 3 rings (SSSR count). The summed E-state index contributed by atoms with van der Waals surface area (Å²) in [6.07, 6.45) is 1.93. The van der Waals surface area contributed by atoms with Crippen LogP contribution in [0.1, 0.15) is 50.9 Å². The molecule has 2 aliphatic rings. The van der Waals surface area contributed by atoms with E-state index >= 15 is 0 Å². The topological polar surface area (TPSA) is 29.5 Å². The average molecular weight is 257 g/mol. The minimum Gasteiger partial charge on any atom is -0.444 e. The molecule has 19 heavy (non-hydrogen) atoms. The number of carbonyl (C=O) groups excluding carboxylic acids is 1. The van der Waals surface area contributed by atoms with Crippen LogP contribution >= 0.6 is 0 Å². The zero-order valence-electron chi connectivity index (χ0n) is 11.8. The smallest absolute Gasteiger partial charge is 0.411 e. The molecular weight excluding hydrogens is 238 g/mol. The van der Waals surface area contributed by atoms with Gasteiger partial charge in [-0.3, -0.25) is 4.90 Å². The molecule has 1 amide bonds. The maximum atomic E-state index is 12.4. The Morgan fingerprint density at radius 2 is 1.84 bits per heavy atom. The lowest BCUT2D eigenvalue weighted by Gasteiger charge is -2.28.